The van der Waals surface area contributed by atoms with E-state index in [-0.39, 0.29) is 18.9 Å². The molecule has 1 aromatic rings. The highest BCUT2D eigenvalue weighted by Gasteiger charge is 2.40. The fourth-order valence-corrected chi connectivity index (χ4v) is 2.59. The van der Waals surface area contributed by atoms with Gasteiger partial charge in [0, 0.05) is 18.9 Å². The Balaban J connectivity index is 2.47. The standard InChI is InChI=1S/C14H12F3NO5/c15-14(16,17)7-4-5-8(9(6-7)18(22)23)13(21)12-10(19)2-1-3-11(12)20/h4-6,12-13,21H,1-3H2. The maximum Gasteiger partial charge on any atom is 0.416 e. The van der Waals surface area contributed by atoms with Crippen molar-refractivity contribution in [2.75, 3.05) is 0 Å². The van der Waals surface area contributed by atoms with Gasteiger partial charge in [0.15, 0.2) is 0 Å². The van der Waals surface area contributed by atoms with E-state index in [1.165, 1.54) is 0 Å². The summed E-state index contributed by atoms with van der Waals surface area (Å²) in [6, 6.07) is 1.60. The van der Waals surface area contributed by atoms with Gasteiger partial charge in [0.25, 0.3) is 5.69 Å². The number of alkyl halides is 3. The van der Waals surface area contributed by atoms with E-state index in [1.54, 1.807) is 0 Å². The first-order chi connectivity index (χ1) is 10.6. The number of nitrogens with zero attached hydrogens (tertiary/aromatic N) is 1. The molecule has 0 spiro atoms. The molecule has 1 aliphatic carbocycles. The van der Waals surface area contributed by atoms with Gasteiger partial charge in [-0.25, -0.2) is 0 Å². The molecule has 0 radical (unpaired) electrons. The molecule has 1 unspecified atom stereocenters. The number of carbonyl (C=O) groups excluding carboxylic acids is 2. The van der Waals surface area contributed by atoms with E-state index in [9.17, 15) is 38.0 Å². The average Bonchev–Trinajstić information content (AvgIpc) is 2.45. The summed E-state index contributed by atoms with van der Waals surface area (Å²) in [5.74, 6) is -2.61. The molecule has 1 atom stereocenters. The van der Waals surface area contributed by atoms with Gasteiger partial charge in [-0.3, -0.25) is 19.7 Å². The number of nitro groups is 1. The molecular weight excluding hydrogens is 319 g/mol. The molecule has 6 nitrogen and oxygen atoms in total. The van der Waals surface area contributed by atoms with Gasteiger partial charge >= 0.3 is 6.18 Å². The lowest BCUT2D eigenvalue weighted by Crippen LogP contribution is -2.34. The van der Waals surface area contributed by atoms with Crippen LogP contribution in [0.2, 0.25) is 0 Å². The minimum absolute atomic E-state index is 0.0436. The van der Waals surface area contributed by atoms with E-state index < -0.39 is 51.5 Å². The third kappa shape index (κ3) is 3.39. The Morgan fingerprint density at radius 1 is 1.22 bits per heavy atom. The number of aliphatic hydroxyl groups excluding tert-OH is 1. The van der Waals surface area contributed by atoms with Gasteiger partial charge in [-0.05, 0) is 18.6 Å². The number of nitro benzene ring substituents is 1. The second-order valence-electron chi connectivity index (χ2n) is 5.24. The lowest BCUT2D eigenvalue weighted by Gasteiger charge is -2.24. The molecule has 2 rings (SSSR count). The van der Waals surface area contributed by atoms with Gasteiger partial charge < -0.3 is 5.11 Å². The minimum Gasteiger partial charge on any atom is -0.387 e. The number of carbonyl (C=O) groups is 2. The van der Waals surface area contributed by atoms with Crippen molar-refractivity contribution in [1.29, 1.82) is 0 Å². The zero-order valence-electron chi connectivity index (χ0n) is 11.7. The quantitative estimate of drug-likeness (QED) is 0.521. The first-order valence-electron chi connectivity index (χ1n) is 6.72. The fraction of sp³-hybridized carbons (Fsp3) is 0.429. The summed E-state index contributed by atoms with van der Waals surface area (Å²) >= 11 is 0. The summed E-state index contributed by atoms with van der Waals surface area (Å²) in [7, 11) is 0. The molecule has 1 aliphatic rings. The summed E-state index contributed by atoms with van der Waals surface area (Å²) in [5.41, 5.74) is -2.70. The number of hydrogen-bond acceptors (Lipinski definition) is 5. The third-order valence-electron chi connectivity index (χ3n) is 3.73. The van der Waals surface area contributed by atoms with Crippen molar-refractivity contribution in [2.45, 2.75) is 31.5 Å². The van der Waals surface area contributed by atoms with Crippen LogP contribution in [0.15, 0.2) is 18.2 Å². The number of halogens is 3. The number of ketones is 2. The van der Waals surface area contributed by atoms with E-state index in [0.717, 1.165) is 6.07 Å². The SMILES string of the molecule is O=C1CCCC(=O)C1C(O)c1ccc(C(F)(F)F)cc1[N+](=O)[O-]. The normalized spacial score (nSPS) is 18.1. The molecule has 1 fully saturated rings. The molecule has 0 heterocycles. The molecule has 124 valence electrons. The molecule has 23 heavy (non-hydrogen) atoms. The lowest BCUT2D eigenvalue weighted by atomic mass is 9.80. The van der Waals surface area contributed by atoms with Crippen molar-refractivity contribution in [1.82, 2.24) is 0 Å². The molecule has 0 bridgehead atoms. The predicted octanol–water partition coefficient (Wildman–Crippen LogP) is 2.59. The van der Waals surface area contributed by atoms with Crippen molar-refractivity contribution in [3.8, 4) is 0 Å². The van der Waals surface area contributed by atoms with Crippen LogP contribution in [-0.2, 0) is 15.8 Å². The van der Waals surface area contributed by atoms with E-state index in [4.69, 9.17) is 0 Å². The number of rotatable bonds is 3. The molecule has 1 N–H and O–H groups in total. The molecule has 9 heteroatoms. The number of hydrogen-bond donors (Lipinski definition) is 1. The summed E-state index contributed by atoms with van der Waals surface area (Å²) in [6.45, 7) is 0. The van der Waals surface area contributed by atoms with Gasteiger partial charge in [-0.2, -0.15) is 13.2 Å². The van der Waals surface area contributed by atoms with Crippen LogP contribution in [-0.4, -0.2) is 21.6 Å². The highest BCUT2D eigenvalue weighted by Crippen LogP contribution is 2.38. The molecule has 0 aromatic heterocycles. The first kappa shape index (κ1) is 17.1. The zero-order valence-corrected chi connectivity index (χ0v) is 11.7. The van der Waals surface area contributed by atoms with Crippen LogP contribution in [0.5, 0.6) is 0 Å². The Labute approximate surface area is 128 Å². The van der Waals surface area contributed by atoms with E-state index in [1.807, 2.05) is 0 Å². The summed E-state index contributed by atoms with van der Waals surface area (Å²) < 4.78 is 37.9. The maximum absolute atomic E-state index is 12.6. The van der Waals surface area contributed by atoms with Crippen LogP contribution < -0.4 is 0 Å². The Morgan fingerprint density at radius 2 is 1.78 bits per heavy atom. The number of aliphatic hydroxyl groups is 1. The van der Waals surface area contributed by atoms with Crippen LogP contribution in [0.4, 0.5) is 18.9 Å². The first-order valence-corrected chi connectivity index (χ1v) is 6.72. The molecule has 1 aromatic carbocycles. The fourth-order valence-electron chi connectivity index (χ4n) is 2.59. The van der Waals surface area contributed by atoms with Gasteiger partial charge in [0.2, 0.25) is 0 Å². The van der Waals surface area contributed by atoms with Crippen LogP contribution in [0.3, 0.4) is 0 Å². The highest BCUT2D eigenvalue weighted by molar-refractivity contribution is 6.05. The van der Waals surface area contributed by atoms with Gasteiger partial charge in [-0.1, -0.05) is 0 Å². The van der Waals surface area contributed by atoms with Crippen LogP contribution in [0.25, 0.3) is 0 Å². The Bertz CT molecular complexity index is 655. The van der Waals surface area contributed by atoms with Crippen molar-refractivity contribution >= 4 is 17.3 Å². The van der Waals surface area contributed by atoms with Gasteiger partial charge in [0.1, 0.15) is 23.6 Å². The van der Waals surface area contributed by atoms with E-state index in [0.29, 0.717) is 12.5 Å². The maximum atomic E-state index is 12.6. The highest BCUT2D eigenvalue weighted by atomic mass is 19.4. The van der Waals surface area contributed by atoms with Crippen molar-refractivity contribution in [2.24, 2.45) is 5.92 Å². The lowest BCUT2D eigenvalue weighted by molar-refractivity contribution is -0.386. The summed E-state index contributed by atoms with van der Waals surface area (Å²) in [4.78, 5) is 33.5. The molecule has 1 saturated carbocycles. The molecule has 0 aliphatic heterocycles. The van der Waals surface area contributed by atoms with Crippen LogP contribution in [0, 0.1) is 16.0 Å². The Morgan fingerprint density at radius 3 is 2.26 bits per heavy atom. The topological polar surface area (TPSA) is 97.5 Å². The molecule has 0 saturated heterocycles. The van der Waals surface area contributed by atoms with Gasteiger partial charge in [-0.15, -0.1) is 0 Å². The van der Waals surface area contributed by atoms with Crippen molar-refractivity contribution in [3.63, 3.8) is 0 Å². The van der Waals surface area contributed by atoms with Crippen LogP contribution >= 0.6 is 0 Å². The van der Waals surface area contributed by atoms with E-state index in [2.05, 4.69) is 0 Å². The zero-order chi connectivity index (χ0) is 17.4. The van der Waals surface area contributed by atoms with Crippen LogP contribution in [0.1, 0.15) is 36.5 Å². The van der Waals surface area contributed by atoms with Crippen molar-refractivity contribution < 1.29 is 32.8 Å². The minimum atomic E-state index is -4.79. The predicted molar refractivity (Wildman–Crippen MR) is 70.4 cm³/mol. The number of benzene rings is 1. The molecule has 0 amide bonds. The van der Waals surface area contributed by atoms with Gasteiger partial charge in [0.05, 0.1) is 16.1 Å². The number of Topliss-reactive ketones (excluding diaryl/α,β-unsaturated/α-hetero) is 2. The average molecular weight is 331 g/mol. The largest absolute Gasteiger partial charge is 0.416 e. The third-order valence-corrected chi connectivity index (χ3v) is 3.73. The summed E-state index contributed by atoms with van der Waals surface area (Å²) in [6.07, 6.45) is -6.21. The van der Waals surface area contributed by atoms with Crippen molar-refractivity contribution in [3.05, 3.63) is 39.4 Å². The second-order valence-corrected chi connectivity index (χ2v) is 5.24. The second kappa shape index (κ2) is 6.07. The monoisotopic (exact) mass is 331 g/mol. The molecular formula is C14H12F3NO5. The smallest absolute Gasteiger partial charge is 0.387 e. The Hall–Kier alpha value is -2.29. The van der Waals surface area contributed by atoms with E-state index >= 15 is 0 Å². The summed E-state index contributed by atoms with van der Waals surface area (Å²) in [5, 5.41) is 21.2. The Kier molecular flexibility index (Phi) is 4.51.